The molecule has 19 heavy (non-hydrogen) atoms. The van der Waals surface area contributed by atoms with Crippen LogP contribution in [0.5, 0.6) is 0 Å². The molecule has 0 aromatic carbocycles. The molecule has 1 aliphatic rings. The van der Waals surface area contributed by atoms with E-state index in [1.54, 1.807) is 0 Å². The number of furan rings is 1. The van der Waals surface area contributed by atoms with E-state index in [9.17, 15) is 0 Å². The van der Waals surface area contributed by atoms with Crippen LogP contribution in [0.3, 0.4) is 0 Å². The van der Waals surface area contributed by atoms with Crippen molar-refractivity contribution in [2.24, 2.45) is 0 Å². The minimum absolute atomic E-state index is 0.724. The fraction of sp³-hybridized carbons (Fsp3) is 0.733. The number of rotatable bonds is 7. The summed E-state index contributed by atoms with van der Waals surface area (Å²) in [4.78, 5) is 5.07. The van der Waals surface area contributed by atoms with Gasteiger partial charge >= 0.3 is 0 Å². The van der Waals surface area contributed by atoms with Gasteiger partial charge < -0.3 is 9.73 Å². The van der Waals surface area contributed by atoms with Gasteiger partial charge in [0.1, 0.15) is 11.5 Å². The zero-order chi connectivity index (χ0) is 13.7. The van der Waals surface area contributed by atoms with Gasteiger partial charge in [-0.05, 0) is 38.7 Å². The number of likely N-dealkylation sites (tertiary alicyclic amines) is 1. The normalized spacial score (nSPS) is 20.5. The molecule has 1 aromatic heterocycles. The van der Waals surface area contributed by atoms with E-state index in [-0.39, 0.29) is 0 Å². The SMILES string of the molecule is CCN(CC)C1CCN(Cc2ccc(CNC)o2)C1. The van der Waals surface area contributed by atoms with Gasteiger partial charge in [0.15, 0.2) is 0 Å². The van der Waals surface area contributed by atoms with Crippen LogP contribution in [-0.4, -0.2) is 49.1 Å². The Kier molecular flexibility index (Phi) is 5.43. The highest BCUT2D eigenvalue weighted by Gasteiger charge is 2.26. The van der Waals surface area contributed by atoms with Crippen molar-refractivity contribution in [1.82, 2.24) is 15.1 Å². The molecule has 108 valence electrons. The van der Waals surface area contributed by atoms with Crippen LogP contribution in [0.1, 0.15) is 31.8 Å². The van der Waals surface area contributed by atoms with Crippen molar-refractivity contribution in [3.05, 3.63) is 23.7 Å². The van der Waals surface area contributed by atoms with Crippen LogP contribution < -0.4 is 5.32 Å². The molecule has 0 radical (unpaired) electrons. The molecule has 4 nitrogen and oxygen atoms in total. The van der Waals surface area contributed by atoms with Crippen LogP contribution in [0.2, 0.25) is 0 Å². The van der Waals surface area contributed by atoms with Gasteiger partial charge in [-0.15, -0.1) is 0 Å². The molecular formula is C15H27N3O. The van der Waals surface area contributed by atoms with Crippen molar-refractivity contribution in [2.45, 2.75) is 39.4 Å². The maximum Gasteiger partial charge on any atom is 0.118 e. The molecule has 2 heterocycles. The fourth-order valence-corrected chi connectivity index (χ4v) is 2.99. The van der Waals surface area contributed by atoms with Crippen LogP contribution >= 0.6 is 0 Å². The monoisotopic (exact) mass is 265 g/mol. The summed E-state index contributed by atoms with van der Waals surface area (Å²) in [6, 6.07) is 4.91. The second kappa shape index (κ2) is 7.08. The van der Waals surface area contributed by atoms with E-state index in [1.165, 1.54) is 19.5 Å². The van der Waals surface area contributed by atoms with E-state index < -0.39 is 0 Å². The zero-order valence-electron chi connectivity index (χ0n) is 12.5. The Hall–Kier alpha value is -0.840. The Labute approximate surface area is 116 Å². The smallest absolute Gasteiger partial charge is 0.118 e. The molecule has 1 N–H and O–H groups in total. The Balaban J connectivity index is 1.83. The summed E-state index contributed by atoms with van der Waals surface area (Å²) in [6.07, 6.45) is 1.28. The predicted octanol–water partition coefficient (Wildman–Crippen LogP) is 1.92. The molecule has 2 rings (SSSR count). The summed E-state index contributed by atoms with van der Waals surface area (Å²) in [6.45, 7) is 10.9. The van der Waals surface area contributed by atoms with Crippen LogP contribution in [0, 0.1) is 0 Å². The first-order chi connectivity index (χ1) is 9.26. The Morgan fingerprint density at radius 3 is 2.74 bits per heavy atom. The van der Waals surface area contributed by atoms with E-state index in [4.69, 9.17) is 4.42 Å². The summed E-state index contributed by atoms with van der Waals surface area (Å²) in [5, 5.41) is 3.11. The topological polar surface area (TPSA) is 31.6 Å². The van der Waals surface area contributed by atoms with Crippen molar-refractivity contribution in [1.29, 1.82) is 0 Å². The van der Waals surface area contributed by atoms with Gasteiger partial charge in [0.25, 0.3) is 0 Å². The average Bonchev–Trinajstić information content (AvgIpc) is 3.02. The molecule has 1 unspecified atom stereocenters. The molecular weight excluding hydrogens is 238 g/mol. The van der Waals surface area contributed by atoms with Gasteiger partial charge in [0.2, 0.25) is 0 Å². The van der Waals surface area contributed by atoms with Crippen LogP contribution in [0.15, 0.2) is 16.5 Å². The maximum absolute atomic E-state index is 5.82. The maximum atomic E-state index is 5.82. The van der Waals surface area contributed by atoms with Gasteiger partial charge in [-0.3, -0.25) is 9.80 Å². The third kappa shape index (κ3) is 3.81. The Bertz CT molecular complexity index is 373. The minimum atomic E-state index is 0.724. The van der Waals surface area contributed by atoms with Crippen molar-refractivity contribution in [3.63, 3.8) is 0 Å². The Morgan fingerprint density at radius 2 is 2.05 bits per heavy atom. The number of nitrogens with zero attached hydrogens (tertiary/aromatic N) is 2. The predicted molar refractivity (Wildman–Crippen MR) is 78.1 cm³/mol. The first-order valence-electron chi connectivity index (χ1n) is 7.45. The quantitative estimate of drug-likeness (QED) is 0.816. The van der Waals surface area contributed by atoms with Gasteiger partial charge in [0.05, 0.1) is 13.1 Å². The number of likely N-dealkylation sites (N-methyl/N-ethyl adjacent to an activating group) is 1. The van der Waals surface area contributed by atoms with Gasteiger partial charge in [-0.25, -0.2) is 0 Å². The van der Waals surface area contributed by atoms with E-state index >= 15 is 0 Å². The molecule has 1 atom stereocenters. The zero-order valence-corrected chi connectivity index (χ0v) is 12.5. The van der Waals surface area contributed by atoms with E-state index in [2.05, 4.69) is 41.1 Å². The van der Waals surface area contributed by atoms with Crippen LogP contribution in [0.4, 0.5) is 0 Å². The highest BCUT2D eigenvalue weighted by molar-refractivity contribution is 5.07. The van der Waals surface area contributed by atoms with Crippen LogP contribution in [-0.2, 0) is 13.1 Å². The minimum Gasteiger partial charge on any atom is -0.463 e. The third-order valence-corrected chi connectivity index (χ3v) is 4.02. The molecule has 0 bridgehead atoms. The first-order valence-corrected chi connectivity index (χ1v) is 7.45. The van der Waals surface area contributed by atoms with Crippen LogP contribution in [0.25, 0.3) is 0 Å². The highest BCUT2D eigenvalue weighted by atomic mass is 16.3. The second-order valence-electron chi connectivity index (χ2n) is 5.30. The van der Waals surface area contributed by atoms with Gasteiger partial charge in [-0.1, -0.05) is 13.8 Å². The second-order valence-corrected chi connectivity index (χ2v) is 5.30. The van der Waals surface area contributed by atoms with Gasteiger partial charge in [-0.2, -0.15) is 0 Å². The molecule has 1 saturated heterocycles. The summed E-state index contributed by atoms with van der Waals surface area (Å²) < 4.78 is 5.82. The lowest BCUT2D eigenvalue weighted by atomic mass is 10.2. The van der Waals surface area contributed by atoms with E-state index in [0.29, 0.717) is 0 Å². The first kappa shape index (κ1) is 14.6. The molecule has 1 aromatic rings. The standard InChI is InChI=1S/C15H27N3O/c1-4-18(5-2)13-8-9-17(11-13)12-15-7-6-14(19-15)10-16-3/h6-7,13,16H,4-5,8-12H2,1-3H3. The average molecular weight is 265 g/mol. The molecule has 0 saturated carbocycles. The van der Waals surface area contributed by atoms with E-state index in [0.717, 1.165) is 43.7 Å². The summed E-state index contributed by atoms with van der Waals surface area (Å²) in [5.74, 6) is 2.11. The Morgan fingerprint density at radius 1 is 1.32 bits per heavy atom. The summed E-state index contributed by atoms with van der Waals surface area (Å²) >= 11 is 0. The number of hydrogen-bond donors (Lipinski definition) is 1. The molecule has 0 spiro atoms. The van der Waals surface area contributed by atoms with Crippen molar-refractivity contribution in [3.8, 4) is 0 Å². The number of nitrogens with one attached hydrogen (secondary N) is 1. The largest absolute Gasteiger partial charge is 0.463 e. The molecule has 1 fully saturated rings. The summed E-state index contributed by atoms with van der Waals surface area (Å²) in [7, 11) is 1.94. The van der Waals surface area contributed by atoms with Crippen molar-refractivity contribution in [2.75, 3.05) is 33.2 Å². The van der Waals surface area contributed by atoms with Gasteiger partial charge in [0, 0.05) is 19.1 Å². The lowest BCUT2D eigenvalue weighted by Gasteiger charge is -2.26. The fourth-order valence-electron chi connectivity index (χ4n) is 2.99. The van der Waals surface area contributed by atoms with Crippen molar-refractivity contribution >= 4 is 0 Å². The van der Waals surface area contributed by atoms with E-state index in [1.807, 2.05) is 7.05 Å². The highest BCUT2D eigenvalue weighted by Crippen LogP contribution is 2.19. The van der Waals surface area contributed by atoms with Crippen molar-refractivity contribution < 1.29 is 4.42 Å². The number of hydrogen-bond acceptors (Lipinski definition) is 4. The molecule has 0 amide bonds. The molecule has 0 aliphatic carbocycles. The molecule has 1 aliphatic heterocycles. The lowest BCUT2D eigenvalue weighted by molar-refractivity contribution is 0.204. The third-order valence-electron chi connectivity index (χ3n) is 4.02. The summed E-state index contributed by atoms with van der Waals surface area (Å²) in [5.41, 5.74) is 0. The molecule has 4 heteroatoms. The lowest BCUT2D eigenvalue weighted by Crippen LogP contribution is -2.37.